The average Bonchev–Trinajstić information content (AvgIpc) is 2.14. The lowest BCUT2D eigenvalue weighted by Crippen LogP contribution is -2.30. The van der Waals surface area contributed by atoms with Gasteiger partial charge < -0.3 is 5.73 Å². The van der Waals surface area contributed by atoms with Gasteiger partial charge in [-0.3, -0.25) is 10.1 Å². The Morgan fingerprint density at radius 1 is 1.41 bits per heavy atom. The lowest BCUT2D eigenvalue weighted by atomic mass is 10.3. The van der Waals surface area contributed by atoms with Crippen molar-refractivity contribution in [1.29, 1.82) is 0 Å². The molecule has 0 radical (unpaired) electrons. The minimum Gasteiger partial charge on any atom is -0.393 e. The van der Waals surface area contributed by atoms with Gasteiger partial charge in [0.2, 0.25) is 10.0 Å². The summed E-state index contributed by atoms with van der Waals surface area (Å²) in [5.74, 6) is 0. The highest BCUT2D eigenvalue weighted by Gasteiger charge is 2.19. The molecular formula is C9H13N3O4S. The second-order valence-corrected chi connectivity index (χ2v) is 5.47. The third-order valence-corrected chi connectivity index (χ3v) is 3.55. The van der Waals surface area contributed by atoms with E-state index < -0.39 is 14.9 Å². The molecule has 0 heterocycles. The first kappa shape index (κ1) is 13.4. The van der Waals surface area contributed by atoms with E-state index in [2.05, 4.69) is 4.72 Å². The van der Waals surface area contributed by atoms with Gasteiger partial charge >= 0.3 is 0 Å². The van der Waals surface area contributed by atoms with Crippen LogP contribution in [0.3, 0.4) is 0 Å². The molecule has 0 amide bonds. The molecule has 0 atom stereocenters. The molecule has 0 aromatic heterocycles. The Balaban J connectivity index is 3.18. The minimum atomic E-state index is -3.68. The topological polar surface area (TPSA) is 115 Å². The summed E-state index contributed by atoms with van der Waals surface area (Å²) in [6.45, 7) is 3.35. The Morgan fingerprint density at radius 3 is 2.41 bits per heavy atom. The van der Waals surface area contributed by atoms with Crippen molar-refractivity contribution < 1.29 is 13.3 Å². The quantitative estimate of drug-likeness (QED) is 0.472. The smallest absolute Gasteiger partial charge is 0.292 e. The van der Waals surface area contributed by atoms with E-state index >= 15 is 0 Å². The van der Waals surface area contributed by atoms with Crippen LogP contribution >= 0.6 is 0 Å². The number of anilines is 1. The number of hydrogen-bond donors (Lipinski definition) is 2. The molecule has 1 rings (SSSR count). The third-order valence-electron chi connectivity index (χ3n) is 1.90. The van der Waals surface area contributed by atoms with Crippen LogP contribution in [0.1, 0.15) is 13.8 Å². The molecule has 8 heteroatoms. The van der Waals surface area contributed by atoms with Crippen molar-refractivity contribution in [2.75, 3.05) is 5.73 Å². The highest BCUT2D eigenvalue weighted by molar-refractivity contribution is 7.89. The number of hydrogen-bond acceptors (Lipinski definition) is 5. The summed E-state index contributed by atoms with van der Waals surface area (Å²) in [6, 6.07) is 3.03. The van der Waals surface area contributed by atoms with Gasteiger partial charge in [-0.2, -0.15) is 0 Å². The van der Waals surface area contributed by atoms with E-state index in [0.717, 1.165) is 18.2 Å². The molecule has 0 spiro atoms. The van der Waals surface area contributed by atoms with Gasteiger partial charge in [0.1, 0.15) is 5.69 Å². The van der Waals surface area contributed by atoms with Crippen molar-refractivity contribution in [2.24, 2.45) is 0 Å². The van der Waals surface area contributed by atoms with Crippen LogP contribution in [0.25, 0.3) is 0 Å². The normalized spacial score (nSPS) is 11.7. The summed E-state index contributed by atoms with van der Waals surface area (Å²) in [5, 5.41) is 10.5. The molecule has 94 valence electrons. The zero-order valence-corrected chi connectivity index (χ0v) is 10.2. The highest BCUT2D eigenvalue weighted by atomic mass is 32.2. The first-order chi connectivity index (χ1) is 7.74. The van der Waals surface area contributed by atoms with Gasteiger partial charge in [0.25, 0.3) is 5.69 Å². The number of nitrogens with two attached hydrogens (primary N) is 1. The molecule has 17 heavy (non-hydrogen) atoms. The van der Waals surface area contributed by atoms with E-state index in [1.54, 1.807) is 13.8 Å². The minimum absolute atomic E-state index is 0.0886. The molecule has 0 saturated heterocycles. The summed E-state index contributed by atoms with van der Waals surface area (Å²) in [5.41, 5.74) is 4.93. The van der Waals surface area contributed by atoms with Gasteiger partial charge in [-0.1, -0.05) is 0 Å². The van der Waals surface area contributed by atoms with Crippen LogP contribution in [0.2, 0.25) is 0 Å². The Kier molecular flexibility index (Phi) is 3.69. The molecule has 1 aromatic rings. The van der Waals surface area contributed by atoms with Crippen molar-refractivity contribution in [1.82, 2.24) is 4.72 Å². The summed E-state index contributed by atoms with van der Waals surface area (Å²) in [4.78, 5) is 9.77. The van der Waals surface area contributed by atoms with Gasteiger partial charge in [0.05, 0.1) is 9.82 Å². The van der Waals surface area contributed by atoms with Crippen LogP contribution in [0.5, 0.6) is 0 Å². The number of nitro groups is 1. The molecule has 0 unspecified atom stereocenters. The van der Waals surface area contributed by atoms with Gasteiger partial charge in [-0.05, 0) is 26.0 Å². The fourth-order valence-electron chi connectivity index (χ4n) is 1.24. The molecular weight excluding hydrogens is 246 g/mol. The third kappa shape index (κ3) is 3.14. The van der Waals surface area contributed by atoms with Crippen LogP contribution in [0.4, 0.5) is 11.4 Å². The lowest BCUT2D eigenvalue weighted by molar-refractivity contribution is -0.383. The monoisotopic (exact) mass is 259 g/mol. The number of sulfonamides is 1. The van der Waals surface area contributed by atoms with E-state index in [1.165, 1.54) is 0 Å². The summed E-state index contributed by atoms with van der Waals surface area (Å²) >= 11 is 0. The number of nitro benzene ring substituents is 1. The van der Waals surface area contributed by atoms with Gasteiger partial charge in [0.15, 0.2) is 0 Å². The van der Waals surface area contributed by atoms with E-state index in [0.29, 0.717) is 0 Å². The van der Waals surface area contributed by atoms with Crippen molar-refractivity contribution in [3.8, 4) is 0 Å². The lowest BCUT2D eigenvalue weighted by Gasteiger charge is -2.09. The largest absolute Gasteiger partial charge is 0.393 e. The van der Waals surface area contributed by atoms with Crippen molar-refractivity contribution in [3.05, 3.63) is 28.3 Å². The number of nitrogens with zero attached hydrogens (tertiary/aromatic N) is 1. The van der Waals surface area contributed by atoms with Crippen LogP contribution in [-0.2, 0) is 10.0 Å². The molecule has 0 aliphatic carbocycles. The SMILES string of the molecule is CC(C)NS(=O)(=O)c1ccc([N+](=O)[O-])c(N)c1. The maximum absolute atomic E-state index is 11.7. The molecule has 0 saturated carbocycles. The number of nitrogens with one attached hydrogen (secondary N) is 1. The summed E-state index contributed by atoms with van der Waals surface area (Å²) in [7, 11) is -3.68. The first-order valence-electron chi connectivity index (χ1n) is 4.80. The second-order valence-electron chi connectivity index (χ2n) is 3.75. The predicted octanol–water partition coefficient (Wildman–Crippen LogP) is 0.864. The van der Waals surface area contributed by atoms with Crippen LogP contribution in [-0.4, -0.2) is 19.4 Å². The molecule has 7 nitrogen and oxygen atoms in total. The molecule has 0 bridgehead atoms. The fourth-order valence-corrected chi connectivity index (χ4v) is 2.53. The van der Waals surface area contributed by atoms with Crippen molar-refractivity contribution in [2.45, 2.75) is 24.8 Å². The second kappa shape index (κ2) is 4.68. The highest BCUT2D eigenvalue weighted by Crippen LogP contribution is 2.24. The predicted molar refractivity (Wildman–Crippen MR) is 63.0 cm³/mol. The molecule has 3 N–H and O–H groups in total. The summed E-state index contributed by atoms with van der Waals surface area (Å²) in [6.07, 6.45) is 0. The Hall–Kier alpha value is -1.67. The maximum Gasteiger partial charge on any atom is 0.292 e. The van der Waals surface area contributed by atoms with Gasteiger partial charge in [-0.25, -0.2) is 13.1 Å². The number of nitrogen functional groups attached to an aromatic ring is 1. The van der Waals surface area contributed by atoms with Gasteiger partial charge in [0, 0.05) is 12.1 Å². The van der Waals surface area contributed by atoms with E-state index in [4.69, 9.17) is 5.73 Å². The van der Waals surface area contributed by atoms with Crippen LogP contribution in [0.15, 0.2) is 23.1 Å². The average molecular weight is 259 g/mol. The van der Waals surface area contributed by atoms with Crippen molar-refractivity contribution >= 4 is 21.4 Å². The van der Waals surface area contributed by atoms with E-state index in [1.807, 2.05) is 0 Å². The zero-order chi connectivity index (χ0) is 13.2. The Bertz CT molecular complexity index is 539. The summed E-state index contributed by atoms with van der Waals surface area (Å²) < 4.78 is 25.8. The Morgan fingerprint density at radius 2 is 2.00 bits per heavy atom. The zero-order valence-electron chi connectivity index (χ0n) is 9.38. The molecule has 1 aromatic carbocycles. The molecule has 0 aliphatic rings. The van der Waals surface area contributed by atoms with Gasteiger partial charge in [-0.15, -0.1) is 0 Å². The first-order valence-corrected chi connectivity index (χ1v) is 6.28. The van der Waals surface area contributed by atoms with Crippen LogP contribution in [0, 0.1) is 10.1 Å². The fraction of sp³-hybridized carbons (Fsp3) is 0.333. The maximum atomic E-state index is 11.7. The van der Waals surface area contributed by atoms with E-state index in [-0.39, 0.29) is 22.3 Å². The molecule has 0 fully saturated rings. The number of rotatable bonds is 4. The van der Waals surface area contributed by atoms with Crippen LogP contribution < -0.4 is 10.5 Å². The van der Waals surface area contributed by atoms with E-state index in [9.17, 15) is 18.5 Å². The molecule has 0 aliphatic heterocycles. The van der Waals surface area contributed by atoms with Crippen molar-refractivity contribution in [3.63, 3.8) is 0 Å². The standard InChI is InChI=1S/C9H13N3O4S/c1-6(2)11-17(15,16)7-3-4-9(12(13)14)8(10)5-7/h3-6,11H,10H2,1-2H3. The Labute approximate surface area is 98.8 Å². The number of benzene rings is 1.